The number of aliphatic carboxylic acids is 1. The quantitative estimate of drug-likeness (QED) is 0.360. The number of methoxy groups -OCH3 is 2. The fraction of sp³-hybridized carbons (Fsp3) is 0.231. The Kier molecular flexibility index (Phi) is 9.20. The summed E-state index contributed by atoms with van der Waals surface area (Å²) >= 11 is 2.75. The molecule has 1 aliphatic heterocycles. The largest absolute Gasteiger partial charge is 0.493 e. The van der Waals surface area contributed by atoms with E-state index in [-0.39, 0.29) is 5.56 Å². The van der Waals surface area contributed by atoms with Crippen molar-refractivity contribution >= 4 is 40.7 Å². The van der Waals surface area contributed by atoms with Gasteiger partial charge in [0.1, 0.15) is 12.6 Å². The molecule has 3 aromatic rings. The highest BCUT2D eigenvalue weighted by Crippen LogP contribution is 2.33. The number of ether oxygens (including phenoxy) is 3. The molecule has 1 unspecified atom stereocenters. The Bertz CT molecular complexity index is 1510. The summed E-state index contributed by atoms with van der Waals surface area (Å²) in [5.41, 5.74) is 1.46. The minimum atomic E-state index is -0.833. The first-order valence-electron chi connectivity index (χ1n) is 11.0. The van der Waals surface area contributed by atoms with E-state index in [0.29, 0.717) is 38.7 Å². The second kappa shape index (κ2) is 12.3. The lowest BCUT2D eigenvalue weighted by atomic mass is 10.0. The summed E-state index contributed by atoms with van der Waals surface area (Å²) in [4.78, 5) is 41.0. The molecule has 194 valence electrons. The number of carbonyl (C=O) groups excluding carboxylic acids is 1. The van der Waals surface area contributed by atoms with Gasteiger partial charge in [-0.3, -0.25) is 14.2 Å². The smallest absolute Gasteiger partial charge is 0.338 e. The SMILES string of the molecule is C=CCOc1ccc(/C=c2/sc3n(c2=O)C(c2cccs2)C(C(=O)OC)=C(C)N=3)cc1OC.CC(=O)O. The lowest BCUT2D eigenvalue weighted by molar-refractivity contribution is -0.137. The average Bonchev–Trinajstić information content (AvgIpc) is 3.50. The van der Waals surface area contributed by atoms with Crippen LogP contribution in [-0.2, 0) is 14.3 Å². The summed E-state index contributed by atoms with van der Waals surface area (Å²) in [6.07, 6.45) is 3.44. The molecule has 0 spiro atoms. The number of benzene rings is 1. The van der Waals surface area contributed by atoms with Gasteiger partial charge < -0.3 is 19.3 Å². The predicted octanol–water partition coefficient (Wildman–Crippen LogP) is 3.13. The molecular weight excluding hydrogens is 516 g/mol. The molecule has 0 bridgehead atoms. The second-order valence-electron chi connectivity index (χ2n) is 7.62. The summed E-state index contributed by atoms with van der Waals surface area (Å²) < 4.78 is 18.1. The first kappa shape index (κ1) is 27.6. The summed E-state index contributed by atoms with van der Waals surface area (Å²) in [6.45, 7) is 6.85. The van der Waals surface area contributed by atoms with E-state index in [2.05, 4.69) is 11.6 Å². The highest BCUT2D eigenvalue weighted by atomic mass is 32.1. The van der Waals surface area contributed by atoms with E-state index >= 15 is 0 Å². The molecule has 0 saturated heterocycles. The van der Waals surface area contributed by atoms with Crippen molar-refractivity contribution in [3.05, 3.63) is 89.8 Å². The number of thiazole rings is 1. The normalized spacial score (nSPS) is 14.6. The van der Waals surface area contributed by atoms with Gasteiger partial charge in [0, 0.05) is 11.8 Å². The minimum Gasteiger partial charge on any atom is -0.493 e. The number of carboxylic acids is 1. The van der Waals surface area contributed by atoms with Crippen molar-refractivity contribution in [1.82, 2.24) is 4.57 Å². The molecule has 1 atom stereocenters. The lowest BCUT2D eigenvalue weighted by Gasteiger charge is -2.22. The summed E-state index contributed by atoms with van der Waals surface area (Å²) in [5, 5.41) is 9.33. The molecule has 9 nitrogen and oxygen atoms in total. The molecule has 2 aromatic heterocycles. The van der Waals surface area contributed by atoms with Gasteiger partial charge in [0.15, 0.2) is 16.3 Å². The summed E-state index contributed by atoms with van der Waals surface area (Å²) in [7, 11) is 2.89. The van der Waals surface area contributed by atoms with Crippen LogP contribution in [0.2, 0.25) is 0 Å². The fourth-order valence-electron chi connectivity index (χ4n) is 3.60. The van der Waals surface area contributed by atoms with Crippen LogP contribution < -0.4 is 24.4 Å². The second-order valence-corrected chi connectivity index (χ2v) is 9.61. The maximum absolute atomic E-state index is 13.5. The van der Waals surface area contributed by atoms with Crippen molar-refractivity contribution in [2.24, 2.45) is 4.99 Å². The number of rotatable bonds is 7. The number of allylic oxidation sites excluding steroid dienone is 1. The van der Waals surface area contributed by atoms with Crippen LogP contribution in [0.5, 0.6) is 11.5 Å². The number of nitrogens with zero attached hydrogens (tertiary/aromatic N) is 2. The number of hydrogen-bond donors (Lipinski definition) is 1. The third-order valence-electron chi connectivity index (χ3n) is 5.08. The molecule has 0 amide bonds. The molecule has 3 heterocycles. The third kappa shape index (κ3) is 6.25. The van der Waals surface area contributed by atoms with Crippen molar-refractivity contribution in [2.45, 2.75) is 19.9 Å². The number of esters is 1. The van der Waals surface area contributed by atoms with Crippen molar-refractivity contribution in [3.63, 3.8) is 0 Å². The molecule has 0 fully saturated rings. The van der Waals surface area contributed by atoms with Crippen LogP contribution in [0.15, 0.2) is 69.4 Å². The van der Waals surface area contributed by atoms with Gasteiger partial charge in [0.05, 0.1) is 30.0 Å². The zero-order valence-corrected chi connectivity index (χ0v) is 22.4. The number of fused-ring (bicyclic) bond motifs is 1. The van der Waals surface area contributed by atoms with Crippen LogP contribution in [0.3, 0.4) is 0 Å². The Morgan fingerprint density at radius 3 is 2.57 bits per heavy atom. The van der Waals surface area contributed by atoms with Crippen molar-refractivity contribution in [2.75, 3.05) is 20.8 Å². The van der Waals surface area contributed by atoms with Gasteiger partial charge >= 0.3 is 5.97 Å². The Labute approximate surface area is 220 Å². The lowest BCUT2D eigenvalue weighted by Crippen LogP contribution is -2.39. The monoisotopic (exact) mass is 542 g/mol. The molecular formula is C26H26N2O7S2. The zero-order valence-electron chi connectivity index (χ0n) is 20.7. The van der Waals surface area contributed by atoms with Crippen LogP contribution in [-0.4, -0.2) is 42.4 Å². The van der Waals surface area contributed by atoms with Gasteiger partial charge in [-0.2, -0.15) is 0 Å². The number of carbonyl (C=O) groups is 2. The van der Waals surface area contributed by atoms with E-state index in [1.54, 1.807) is 42.9 Å². The highest BCUT2D eigenvalue weighted by molar-refractivity contribution is 7.10. The number of thiophene rings is 1. The molecule has 1 N–H and O–H groups in total. The topological polar surface area (TPSA) is 116 Å². The summed E-state index contributed by atoms with van der Waals surface area (Å²) in [6, 6.07) is 8.65. The van der Waals surface area contributed by atoms with E-state index in [4.69, 9.17) is 24.1 Å². The Balaban J connectivity index is 0.000000886. The van der Waals surface area contributed by atoms with E-state index in [9.17, 15) is 9.59 Å². The van der Waals surface area contributed by atoms with Gasteiger partial charge in [-0.1, -0.05) is 36.1 Å². The van der Waals surface area contributed by atoms with Gasteiger partial charge in [0.2, 0.25) is 0 Å². The zero-order chi connectivity index (χ0) is 27.1. The van der Waals surface area contributed by atoms with Gasteiger partial charge in [0.25, 0.3) is 11.5 Å². The summed E-state index contributed by atoms with van der Waals surface area (Å²) in [5.74, 6) is -0.186. The first-order chi connectivity index (χ1) is 17.7. The standard InChI is InChI=1S/C24H22N2O5S2.C2H4O2/c1-5-10-31-16-9-8-15(12-17(16)29-3)13-19-22(27)26-21(18-7-6-11-32-18)20(23(28)30-4)14(2)25-24(26)33-19;1-2(3)4/h5-9,11-13,21H,1,10H2,2-4H3;1H3,(H,3,4)/b19-13+;. The number of hydrogen-bond acceptors (Lipinski definition) is 9. The molecule has 1 aliphatic rings. The van der Waals surface area contributed by atoms with Crippen LogP contribution >= 0.6 is 22.7 Å². The van der Waals surface area contributed by atoms with Crippen LogP contribution in [0.25, 0.3) is 6.08 Å². The minimum absolute atomic E-state index is 0.225. The van der Waals surface area contributed by atoms with Crippen LogP contribution in [0.4, 0.5) is 0 Å². The van der Waals surface area contributed by atoms with Gasteiger partial charge in [-0.05, 0) is 42.1 Å². The molecule has 37 heavy (non-hydrogen) atoms. The predicted molar refractivity (Wildman–Crippen MR) is 142 cm³/mol. The Hall–Kier alpha value is -3.96. The molecule has 4 rings (SSSR count). The third-order valence-corrected chi connectivity index (χ3v) is 6.99. The average molecular weight is 543 g/mol. The maximum atomic E-state index is 13.5. The molecule has 0 aliphatic carbocycles. The number of carboxylic acid groups (broad SMARTS) is 1. The molecule has 11 heteroatoms. The van der Waals surface area contributed by atoms with Gasteiger partial charge in [-0.15, -0.1) is 11.3 Å². The molecule has 0 saturated carbocycles. The van der Waals surface area contributed by atoms with E-state index < -0.39 is 18.0 Å². The Morgan fingerprint density at radius 1 is 1.24 bits per heavy atom. The van der Waals surface area contributed by atoms with E-state index in [1.807, 2.05) is 23.6 Å². The highest BCUT2D eigenvalue weighted by Gasteiger charge is 2.33. The molecule has 0 radical (unpaired) electrons. The van der Waals surface area contributed by atoms with Crippen LogP contribution in [0, 0.1) is 0 Å². The molecule has 1 aromatic carbocycles. The fourth-order valence-corrected chi connectivity index (χ4v) is 5.47. The van der Waals surface area contributed by atoms with Crippen molar-refractivity contribution in [1.29, 1.82) is 0 Å². The van der Waals surface area contributed by atoms with Crippen molar-refractivity contribution < 1.29 is 28.9 Å². The van der Waals surface area contributed by atoms with Gasteiger partial charge in [-0.25, -0.2) is 9.79 Å². The van der Waals surface area contributed by atoms with E-state index in [1.165, 1.54) is 29.8 Å². The maximum Gasteiger partial charge on any atom is 0.338 e. The van der Waals surface area contributed by atoms with E-state index in [0.717, 1.165) is 17.4 Å². The van der Waals surface area contributed by atoms with Crippen molar-refractivity contribution in [3.8, 4) is 11.5 Å². The first-order valence-corrected chi connectivity index (χ1v) is 12.7. The van der Waals surface area contributed by atoms with Crippen LogP contribution in [0.1, 0.15) is 30.3 Å². The Morgan fingerprint density at radius 2 is 1.97 bits per heavy atom. The number of aromatic nitrogens is 1.